The largest absolute Gasteiger partial charge is 0.373 e. The Hall–Kier alpha value is -0.980. The molecule has 1 aliphatic heterocycles. The van der Waals surface area contributed by atoms with Gasteiger partial charge in [0.15, 0.2) is 0 Å². The zero-order chi connectivity index (χ0) is 12.3. The topological polar surface area (TPSA) is 65.5 Å². The van der Waals surface area contributed by atoms with Crippen molar-refractivity contribution in [3.63, 3.8) is 0 Å². The summed E-state index contributed by atoms with van der Waals surface area (Å²) >= 11 is 0. The molecule has 1 saturated heterocycles. The monoisotopic (exact) mass is 257 g/mol. The van der Waals surface area contributed by atoms with Gasteiger partial charge in [-0.15, -0.1) is 0 Å². The van der Waals surface area contributed by atoms with Crippen LogP contribution in [0.15, 0.2) is 24.5 Å². The molecule has 5 nitrogen and oxygen atoms in total. The minimum atomic E-state index is -3.40. The minimum Gasteiger partial charge on any atom is -0.373 e. The Morgan fingerprint density at radius 3 is 2.76 bits per heavy atom. The van der Waals surface area contributed by atoms with Crippen molar-refractivity contribution in [2.24, 2.45) is 0 Å². The van der Waals surface area contributed by atoms with Crippen LogP contribution in [0.1, 0.15) is 24.5 Å². The maximum Gasteiger partial charge on any atom is 0.264 e. The highest BCUT2D eigenvalue weighted by Gasteiger charge is 2.26. The molecule has 2 unspecified atom stereocenters. The van der Waals surface area contributed by atoms with Crippen LogP contribution in [-0.2, 0) is 19.0 Å². The minimum absolute atomic E-state index is 0.113. The first kappa shape index (κ1) is 12.5. The van der Waals surface area contributed by atoms with Crippen molar-refractivity contribution in [3.8, 4) is 0 Å². The van der Waals surface area contributed by atoms with Gasteiger partial charge in [-0.2, -0.15) is 8.42 Å². The number of rotatable bonds is 3. The van der Waals surface area contributed by atoms with E-state index < -0.39 is 10.1 Å². The number of ether oxygens (including phenoxy) is 1. The van der Waals surface area contributed by atoms with Crippen LogP contribution in [0.25, 0.3) is 0 Å². The second kappa shape index (κ2) is 5.12. The summed E-state index contributed by atoms with van der Waals surface area (Å²) in [5.74, 6) is 0. The third-order valence-corrected chi connectivity index (χ3v) is 3.25. The molecule has 17 heavy (non-hydrogen) atoms. The molecule has 2 heterocycles. The molecule has 0 amide bonds. The third-order valence-electron chi connectivity index (χ3n) is 2.62. The summed E-state index contributed by atoms with van der Waals surface area (Å²) < 4.78 is 32.8. The second-order valence-corrected chi connectivity index (χ2v) is 5.69. The summed E-state index contributed by atoms with van der Waals surface area (Å²) in [7, 11) is -3.40. The molecule has 1 aromatic heterocycles. The van der Waals surface area contributed by atoms with Gasteiger partial charge in [-0.05, 0) is 24.1 Å². The van der Waals surface area contributed by atoms with Crippen molar-refractivity contribution in [2.45, 2.75) is 25.0 Å². The quantitative estimate of drug-likeness (QED) is 0.763. The van der Waals surface area contributed by atoms with Crippen molar-refractivity contribution in [1.29, 1.82) is 0 Å². The van der Waals surface area contributed by atoms with Crippen molar-refractivity contribution < 1.29 is 17.3 Å². The molecule has 1 fully saturated rings. The summed E-state index contributed by atoms with van der Waals surface area (Å²) in [4.78, 5) is 3.94. The van der Waals surface area contributed by atoms with Gasteiger partial charge in [0, 0.05) is 25.4 Å². The van der Waals surface area contributed by atoms with E-state index in [0.717, 1.165) is 11.8 Å². The van der Waals surface area contributed by atoms with Crippen LogP contribution in [0.2, 0.25) is 0 Å². The van der Waals surface area contributed by atoms with Crippen molar-refractivity contribution in [2.75, 3.05) is 12.9 Å². The van der Waals surface area contributed by atoms with E-state index in [1.54, 1.807) is 12.4 Å². The number of pyridine rings is 1. The molecule has 0 spiro atoms. The Balaban J connectivity index is 2.03. The van der Waals surface area contributed by atoms with Gasteiger partial charge in [0.05, 0.1) is 18.5 Å². The Labute approximate surface area is 101 Å². The van der Waals surface area contributed by atoms with Crippen LogP contribution >= 0.6 is 0 Å². The predicted octanol–water partition coefficient (Wildman–Crippen LogP) is 1.28. The van der Waals surface area contributed by atoms with Crippen LogP contribution in [-0.4, -0.2) is 32.4 Å². The summed E-state index contributed by atoms with van der Waals surface area (Å²) in [6.45, 7) is 0.507. The molecule has 0 N–H and O–H groups in total. The maximum atomic E-state index is 11.1. The highest BCUT2D eigenvalue weighted by atomic mass is 32.2. The molecule has 0 saturated carbocycles. The first-order valence-corrected chi connectivity index (χ1v) is 7.26. The van der Waals surface area contributed by atoms with Gasteiger partial charge in [0.25, 0.3) is 10.1 Å². The normalized spacial score (nSPS) is 25.7. The lowest BCUT2D eigenvalue weighted by atomic mass is 10.0. The van der Waals surface area contributed by atoms with E-state index in [2.05, 4.69) is 4.98 Å². The zero-order valence-corrected chi connectivity index (χ0v) is 10.4. The van der Waals surface area contributed by atoms with Crippen LogP contribution < -0.4 is 0 Å². The van der Waals surface area contributed by atoms with E-state index >= 15 is 0 Å². The van der Waals surface area contributed by atoms with E-state index in [0.29, 0.717) is 19.4 Å². The van der Waals surface area contributed by atoms with Gasteiger partial charge in [0.2, 0.25) is 0 Å². The van der Waals surface area contributed by atoms with Gasteiger partial charge in [-0.1, -0.05) is 0 Å². The van der Waals surface area contributed by atoms with Gasteiger partial charge < -0.3 is 4.74 Å². The fourth-order valence-corrected chi connectivity index (χ4v) is 2.58. The molecule has 0 aromatic carbocycles. The molecule has 94 valence electrons. The third kappa shape index (κ3) is 3.76. The standard InChI is InChI=1S/C11H15NO4S/c1-17(13,14)16-10-4-7-15-11(8-10)9-2-5-12-6-3-9/h2-3,5-6,10-11H,4,7-8H2,1H3. The Kier molecular flexibility index (Phi) is 3.76. The lowest BCUT2D eigenvalue weighted by Crippen LogP contribution is -2.28. The predicted molar refractivity (Wildman–Crippen MR) is 61.9 cm³/mol. The molecule has 6 heteroatoms. The SMILES string of the molecule is CS(=O)(=O)OC1CCOC(c2ccncc2)C1. The number of aromatic nitrogens is 1. The molecule has 2 atom stereocenters. The smallest absolute Gasteiger partial charge is 0.264 e. The van der Waals surface area contributed by atoms with Gasteiger partial charge in [0.1, 0.15) is 0 Å². The van der Waals surface area contributed by atoms with Crippen LogP contribution in [0.5, 0.6) is 0 Å². The number of hydrogen-bond acceptors (Lipinski definition) is 5. The van der Waals surface area contributed by atoms with Gasteiger partial charge >= 0.3 is 0 Å². The highest BCUT2D eigenvalue weighted by Crippen LogP contribution is 2.29. The zero-order valence-electron chi connectivity index (χ0n) is 9.57. The molecule has 0 radical (unpaired) electrons. The summed E-state index contributed by atoms with van der Waals surface area (Å²) in [5.41, 5.74) is 1.00. The molecule has 1 aliphatic rings. The van der Waals surface area contributed by atoms with Crippen LogP contribution in [0, 0.1) is 0 Å². The molecule has 1 aromatic rings. The van der Waals surface area contributed by atoms with E-state index in [1.165, 1.54) is 0 Å². The Morgan fingerprint density at radius 2 is 2.12 bits per heavy atom. The average molecular weight is 257 g/mol. The van der Waals surface area contributed by atoms with Crippen molar-refractivity contribution in [1.82, 2.24) is 4.98 Å². The second-order valence-electron chi connectivity index (χ2n) is 4.09. The number of nitrogens with zero attached hydrogens (tertiary/aromatic N) is 1. The fourth-order valence-electron chi connectivity index (χ4n) is 1.91. The van der Waals surface area contributed by atoms with Crippen LogP contribution in [0.3, 0.4) is 0 Å². The highest BCUT2D eigenvalue weighted by molar-refractivity contribution is 7.86. The maximum absolute atomic E-state index is 11.1. The lowest BCUT2D eigenvalue weighted by molar-refractivity contribution is -0.0342. The summed E-state index contributed by atoms with van der Waals surface area (Å²) in [6.07, 6.45) is 5.21. The van der Waals surface area contributed by atoms with E-state index in [1.807, 2.05) is 12.1 Å². The van der Waals surface area contributed by atoms with Gasteiger partial charge in [-0.3, -0.25) is 9.17 Å². The Morgan fingerprint density at radius 1 is 1.41 bits per heavy atom. The lowest BCUT2D eigenvalue weighted by Gasteiger charge is -2.28. The molecular formula is C11H15NO4S. The van der Waals surface area contributed by atoms with E-state index in [9.17, 15) is 8.42 Å². The molecular weight excluding hydrogens is 242 g/mol. The molecule has 0 aliphatic carbocycles. The number of hydrogen-bond donors (Lipinski definition) is 0. The van der Waals surface area contributed by atoms with E-state index in [-0.39, 0.29) is 12.2 Å². The average Bonchev–Trinajstić information content (AvgIpc) is 2.28. The van der Waals surface area contributed by atoms with Crippen LogP contribution in [0.4, 0.5) is 0 Å². The summed E-state index contributed by atoms with van der Waals surface area (Å²) in [5, 5.41) is 0. The first-order chi connectivity index (χ1) is 8.04. The fraction of sp³-hybridized carbons (Fsp3) is 0.545. The summed E-state index contributed by atoms with van der Waals surface area (Å²) in [6, 6.07) is 3.74. The van der Waals surface area contributed by atoms with E-state index in [4.69, 9.17) is 8.92 Å². The van der Waals surface area contributed by atoms with Crippen molar-refractivity contribution in [3.05, 3.63) is 30.1 Å². The molecule has 2 rings (SSSR count). The van der Waals surface area contributed by atoms with Gasteiger partial charge in [-0.25, -0.2) is 0 Å². The molecule has 0 bridgehead atoms. The Bertz CT molecular complexity index is 460. The van der Waals surface area contributed by atoms with Crippen molar-refractivity contribution >= 4 is 10.1 Å². The first-order valence-electron chi connectivity index (χ1n) is 5.44.